The van der Waals surface area contributed by atoms with E-state index in [1.165, 1.54) is 6.92 Å². The van der Waals surface area contributed by atoms with Gasteiger partial charge in [0.1, 0.15) is 0 Å². The Morgan fingerprint density at radius 1 is 1.47 bits per heavy atom. The maximum Gasteiger partial charge on any atom is 0.331 e. The molecule has 0 saturated heterocycles. The summed E-state index contributed by atoms with van der Waals surface area (Å²) < 4.78 is 9.81. The number of ketones is 1. The van der Waals surface area contributed by atoms with Crippen molar-refractivity contribution in [1.82, 2.24) is 0 Å². The molecule has 1 unspecified atom stereocenters. The van der Waals surface area contributed by atoms with Gasteiger partial charge in [0, 0.05) is 6.42 Å². The zero-order valence-corrected chi connectivity index (χ0v) is 9.46. The topological polar surface area (TPSA) is 52.6 Å². The second-order valence-electron chi connectivity index (χ2n) is 2.86. The molecule has 0 aromatic carbocycles. The first-order valence-corrected chi connectivity index (χ1v) is 5.03. The van der Waals surface area contributed by atoms with Crippen LogP contribution in [0, 0.1) is 0 Å². The van der Waals surface area contributed by atoms with Gasteiger partial charge in [0.2, 0.25) is 0 Å². The fraction of sp³-hybridized carbons (Fsp3) is 0.600. The van der Waals surface area contributed by atoms with E-state index in [9.17, 15) is 9.59 Å². The molecule has 0 N–H and O–H groups in total. The smallest absolute Gasteiger partial charge is 0.331 e. The van der Waals surface area contributed by atoms with Crippen molar-refractivity contribution < 1.29 is 19.1 Å². The number of rotatable bonds is 8. The van der Waals surface area contributed by atoms with Crippen LogP contribution in [0.2, 0.25) is 0 Å². The van der Waals surface area contributed by atoms with Crippen molar-refractivity contribution in [3.05, 3.63) is 12.7 Å². The second kappa shape index (κ2) is 8.44. The summed E-state index contributed by atoms with van der Waals surface area (Å²) in [5.41, 5.74) is 0. The van der Waals surface area contributed by atoms with Crippen LogP contribution in [0.3, 0.4) is 0 Å². The van der Waals surface area contributed by atoms with E-state index in [2.05, 4.69) is 6.58 Å². The highest BCUT2D eigenvalue weighted by molar-refractivity contribution is 6.40. The molecule has 5 heteroatoms. The molecule has 4 nitrogen and oxygen atoms in total. The maximum atomic E-state index is 11.0. The van der Waals surface area contributed by atoms with Crippen LogP contribution in [0.1, 0.15) is 13.3 Å². The highest BCUT2D eigenvalue weighted by Gasteiger charge is 2.21. The largest absolute Gasteiger partial charge is 0.464 e. The van der Waals surface area contributed by atoms with Crippen molar-refractivity contribution in [3.63, 3.8) is 0 Å². The van der Waals surface area contributed by atoms with Crippen molar-refractivity contribution in [2.75, 3.05) is 19.8 Å². The molecular weight excluding hydrogens is 220 g/mol. The molecule has 0 saturated carbocycles. The summed E-state index contributed by atoms with van der Waals surface area (Å²) in [7, 11) is 0. The maximum absolute atomic E-state index is 11.0. The van der Waals surface area contributed by atoms with E-state index in [0.29, 0.717) is 19.6 Å². The lowest BCUT2D eigenvalue weighted by Gasteiger charge is -2.06. The third kappa shape index (κ3) is 7.11. The fourth-order valence-electron chi connectivity index (χ4n) is 0.740. The van der Waals surface area contributed by atoms with Gasteiger partial charge in [0.25, 0.3) is 0 Å². The van der Waals surface area contributed by atoms with E-state index >= 15 is 0 Å². The molecule has 86 valence electrons. The van der Waals surface area contributed by atoms with E-state index in [4.69, 9.17) is 21.1 Å². The van der Waals surface area contributed by atoms with E-state index in [-0.39, 0.29) is 6.61 Å². The lowest BCUT2D eigenvalue weighted by molar-refractivity contribution is -0.145. The van der Waals surface area contributed by atoms with Crippen LogP contribution in [0.4, 0.5) is 0 Å². The number of hydrogen-bond donors (Lipinski definition) is 0. The molecule has 0 aliphatic rings. The zero-order chi connectivity index (χ0) is 11.7. The van der Waals surface area contributed by atoms with Crippen LogP contribution < -0.4 is 0 Å². The van der Waals surface area contributed by atoms with Crippen LogP contribution in [0.15, 0.2) is 12.7 Å². The van der Waals surface area contributed by atoms with E-state index in [0.717, 1.165) is 0 Å². The highest BCUT2D eigenvalue weighted by atomic mass is 35.5. The van der Waals surface area contributed by atoms with Gasteiger partial charge in [-0.25, -0.2) is 4.79 Å². The van der Waals surface area contributed by atoms with E-state index in [1.54, 1.807) is 6.08 Å². The SMILES string of the molecule is C=CCOCCCOC(=O)C(Cl)C(C)=O. The Morgan fingerprint density at radius 3 is 2.67 bits per heavy atom. The van der Waals surface area contributed by atoms with Gasteiger partial charge in [-0.15, -0.1) is 18.2 Å². The van der Waals surface area contributed by atoms with Crippen LogP contribution in [-0.4, -0.2) is 37.0 Å². The third-order valence-electron chi connectivity index (χ3n) is 1.48. The Kier molecular flexibility index (Phi) is 7.95. The number of Topliss-reactive ketones (excluding diaryl/α,β-unsaturated/α-hetero) is 1. The Morgan fingerprint density at radius 2 is 2.13 bits per heavy atom. The minimum Gasteiger partial charge on any atom is -0.464 e. The first kappa shape index (κ1) is 14.1. The molecule has 0 heterocycles. The molecule has 0 rings (SSSR count). The fourth-order valence-corrected chi connectivity index (χ4v) is 0.803. The molecule has 0 bridgehead atoms. The molecule has 0 aliphatic carbocycles. The number of carbonyl (C=O) groups is 2. The predicted molar refractivity (Wildman–Crippen MR) is 56.9 cm³/mol. The lowest BCUT2D eigenvalue weighted by Crippen LogP contribution is -2.25. The summed E-state index contributed by atoms with van der Waals surface area (Å²) >= 11 is 5.46. The van der Waals surface area contributed by atoms with Gasteiger partial charge in [-0.1, -0.05) is 6.08 Å². The Balaban J connectivity index is 3.47. The monoisotopic (exact) mass is 234 g/mol. The number of alkyl halides is 1. The molecule has 0 aromatic heterocycles. The molecule has 0 radical (unpaired) electrons. The van der Waals surface area contributed by atoms with Crippen molar-refractivity contribution in [2.24, 2.45) is 0 Å². The van der Waals surface area contributed by atoms with Crippen molar-refractivity contribution in [1.29, 1.82) is 0 Å². The van der Waals surface area contributed by atoms with Crippen LogP contribution >= 0.6 is 11.6 Å². The van der Waals surface area contributed by atoms with Crippen LogP contribution in [-0.2, 0) is 19.1 Å². The highest BCUT2D eigenvalue weighted by Crippen LogP contribution is 2.00. The van der Waals surface area contributed by atoms with Crippen molar-refractivity contribution in [3.8, 4) is 0 Å². The Labute approximate surface area is 94.2 Å². The molecular formula is C10H15ClO4. The minimum absolute atomic E-state index is 0.201. The van der Waals surface area contributed by atoms with Crippen LogP contribution in [0.5, 0.6) is 0 Å². The van der Waals surface area contributed by atoms with Gasteiger partial charge in [0.15, 0.2) is 11.2 Å². The average molecular weight is 235 g/mol. The summed E-state index contributed by atoms with van der Waals surface area (Å²) in [5, 5.41) is -1.20. The van der Waals surface area contributed by atoms with Gasteiger partial charge in [-0.05, 0) is 6.92 Å². The molecule has 0 aromatic rings. The van der Waals surface area contributed by atoms with E-state index in [1.807, 2.05) is 0 Å². The van der Waals surface area contributed by atoms with E-state index < -0.39 is 17.1 Å². The zero-order valence-electron chi connectivity index (χ0n) is 8.70. The number of esters is 1. The molecule has 15 heavy (non-hydrogen) atoms. The van der Waals surface area contributed by atoms with Crippen molar-refractivity contribution in [2.45, 2.75) is 18.7 Å². The Hall–Kier alpha value is -0.870. The van der Waals surface area contributed by atoms with Crippen LogP contribution in [0.25, 0.3) is 0 Å². The molecule has 1 atom stereocenters. The number of hydrogen-bond acceptors (Lipinski definition) is 4. The molecule has 0 amide bonds. The summed E-state index contributed by atoms with van der Waals surface area (Å²) in [6.07, 6.45) is 2.21. The average Bonchev–Trinajstić information content (AvgIpc) is 2.21. The van der Waals surface area contributed by atoms with Gasteiger partial charge in [0.05, 0.1) is 19.8 Å². The summed E-state index contributed by atoms with van der Waals surface area (Å²) in [6, 6.07) is 0. The molecule has 0 fully saturated rings. The van der Waals surface area contributed by atoms with Gasteiger partial charge < -0.3 is 9.47 Å². The first-order valence-electron chi connectivity index (χ1n) is 4.59. The van der Waals surface area contributed by atoms with Gasteiger partial charge in [-0.2, -0.15) is 0 Å². The summed E-state index contributed by atoms with van der Waals surface area (Å²) in [6.45, 7) is 5.88. The Bertz CT molecular complexity index is 227. The predicted octanol–water partition coefficient (Wildman–Crippen LogP) is 1.32. The second-order valence-corrected chi connectivity index (χ2v) is 3.29. The van der Waals surface area contributed by atoms with Crippen molar-refractivity contribution >= 4 is 23.4 Å². The quantitative estimate of drug-likeness (QED) is 0.209. The molecule has 0 spiro atoms. The normalized spacial score (nSPS) is 11.9. The van der Waals surface area contributed by atoms with Gasteiger partial charge in [-0.3, -0.25) is 4.79 Å². The number of carbonyl (C=O) groups excluding carboxylic acids is 2. The minimum atomic E-state index is -1.20. The number of ether oxygens (including phenoxy) is 2. The lowest BCUT2D eigenvalue weighted by atomic mass is 10.3. The standard InChI is InChI=1S/C10H15ClO4/c1-3-5-14-6-4-7-15-10(13)9(11)8(2)12/h3,9H,1,4-7H2,2H3. The first-order chi connectivity index (χ1) is 7.09. The summed E-state index contributed by atoms with van der Waals surface area (Å²) in [5.74, 6) is -1.11. The summed E-state index contributed by atoms with van der Waals surface area (Å²) in [4.78, 5) is 21.7. The van der Waals surface area contributed by atoms with Gasteiger partial charge >= 0.3 is 5.97 Å². The molecule has 0 aliphatic heterocycles. The third-order valence-corrected chi connectivity index (χ3v) is 1.96. The number of halogens is 1.